The molecule has 0 amide bonds. The van der Waals surface area contributed by atoms with Crippen molar-refractivity contribution < 1.29 is 21.9 Å². The molecular formula is C8H7F3O2S. The first-order valence-corrected chi connectivity index (χ1v) is 4.72. The number of rotatable bonds is 1. The van der Waals surface area contributed by atoms with Crippen LogP contribution in [0.5, 0.6) is 0 Å². The zero-order valence-corrected chi connectivity index (χ0v) is 7.95. The van der Waals surface area contributed by atoms with Crippen molar-refractivity contribution in [3.8, 4) is 0 Å². The van der Waals surface area contributed by atoms with Gasteiger partial charge in [-0.3, -0.25) is 0 Å². The Morgan fingerprint density at radius 1 is 1.36 bits per heavy atom. The van der Waals surface area contributed by atoms with Gasteiger partial charge in [-0.25, -0.2) is 4.21 Å². The molecule has 78 valence electrons. The van der Waals surface area contributed by atoms with Crippen LogP contribution in [0.3, 0.4) is 0 Å². The van der Waals surface area contributed by atoms with Crippen LogP contribution >= 0.6 is 0 Å². The number of hydrogen-bond donors (Lipinski definition) is 1. The lowest BCUT2D eigenvalue weighted by Gasteiger charge is -2.11. The van der Waals surface area contributed by atoms with Crippen molar-refractivity contribution in [1.29, 1.82) is 0 Å². The summed E-state index contributed by atoms with van der Waals surface area (Å²) >= 11 is -2.62. The molecule has 0 radical (unpaired) electrons. The van der Waals surface area contributed by atoms with E-state index in [9.17, 15) is 17.4 Å². The smallest absolute Gasteiger partial charge is 0.302 e. The van der Waals surface area contributed by atoms with Gasteiger partial charge in [-0.05, 0) is 18.6 Å². The van der Waals surface area contributed by atoms with Gasteiger partial charge >= 0.3 is 6.18 Å². The summed E-state index contributed by atoms with van der Waals surface area (Å²) in [4.78, 5) is -0.569. The Bertz CT molecular complexity index is 373. The van der Waals surface area contributed by atoms with Crippen LogP contribution in [0.4, 0.5) is 13.2 Å². The van der Waals surface area contributed by atoms with E-state index in [1.807, 2.05) is 0 Å². The average molecular weight is 224 g/mol. The van der Waals surface area contributed by atoms with E-state index < -0.39 is 27.7 Å². The van der Waals surface area contributed by atoms with Gasteiger partial charge in [0.15, 0.2) is 11.1 Å². The quantitative estimate of drug-likeness (QED) is 0.744. The van der Waals surface area contributed by atoms with E-state index in [0.29, 0.717) is 0 Å². The van der Waals surface area contributed by atoms with Crippen molar-refractivity contribution in [3.05, 3.63) is 29.3 Å². The Hall–Kier alpha value is -0.880. The van der Waals surface area contributed by atoms with Gasteiger partial charge in [0.05, 0.1) is 10.5 Å². The Kier molecular flexibility index (Phi) is 2.96. The molecule has 1 N–H and O–H groups in total. The van der Waals surface area contributed by atoms with Crippen molar-refractivity contribution in [2.75, 3.05) is 0 Å². The van der Waals surface area contributed by atoms with Crippen LogP contribution in [0.25, 0.3) is 0 Å². The van der Waals surface area contributed by atoms with Crippen LogP contribution in [0.1, 0.15) is 11.1 Å². The van der Waals surface area contributed by atoms with Gasteiger partial charge in [0.1, 0.15) is 0 Å². The fourth-order valence-corrected chi connectivity index (χ4v) is 1.82. The summed E-state index contributed by atoms with van der Waals surface area (Å²) in [5, 5.41) is 0. The summed E-state index contributed by atoms with van der Waals surface area (Å²) in [7, 11) is 0. The normalized spacial score (nSPS) is 14.1. The molecule has 0 aromatic heterocycles. The molecular weight excluding hydrogens is 217 g/mol. The number of hydrogen-bond acceptors (Lipinski definition) is 1. The topological polar surface area (TPSA) is 37.3 Å². The summed E-state index contributed by atoms with van der Waals surface area (Å²) in [6.07, 6.45) is -4.60. The molecule has 0 heterocycles. The van der Waals surface area contributed by atoms with E-state index in [4.69, 9.17) is 4.55 Å². The molecule has 1 aromatic rings. The largest absolute Gasteiger partial charge is 0.417 e. The van der Waals surface area contributed by atoms with Gasteiger partial charge in [-0.2, -0.15) is 13.2 Å². The molecule has 1 rings (SSSR count). The first-order chi connectivity index (χ1) is 6.34. The number of aryl methyl sites for hydroxylation is 1. The standard InChI is InChI=1S/C8H7F3O2S/c1-5-3-2-4-6(8(9,10)11)7(5)14(12)13/h2-4H,1H3,(H,12,13). The maximum absolute atomic E-state index is 12.3. The second-order valence-corrected chi connectivity index (χ2v) is 3.61. The van der Waals surface area contributed by atoms with Gasteiger partial charge in [0.2, 0.25) is 0 Å². The van der Waals surface area contributed by atoms with Crippen LogP contribution in [0.2, 0.25) is 0 Å². The monoisotopic (exact) mass is 224 g/mol. The zero-order chi connectivity index (χ0) is 10.9. The molecule has 1 atom stereocenters. The lowest BCUT2D eigenvalue weighted by molar-refractivity contribution is -0.139. The van der Waals surface area contributed by atoms with Crippen molar-refractivity contribution in [1.82, 2.24) is 0 Å². The highest BCUT2D eigenvalue weighted by Crippen LogP contribution is 2.34. The molecule has 0 saturated heterocycles. The van der Waals surface area contributed by atoms with Gasteiger partial charge in [-0.1, -0.05) is 12.1 Å². The van der Waals surface area contributed by atoms with Crippen LogP contribution in [0, 0.1) is 6.92 Å². The predicted molar refractivity (Wildman–Crippen MR) is 45.2 cm³/mol. The molecule has 0 aliphatic carbocycles. The fraction of sp³-hybridized carbons (Fsp3) is 0.250. The lowest BCUT2D eigenvalue weighted by atomic mass is 10.1. The van der Waals surface area contributed by atoms with Gasteiger partial charge < -0.3 is 4.55 Å². The summed E-state index contributed by atoms with van der Waals surface area (Å²) < 4.78 is 56.5. The highest BCUT2D eigenvalue weighted by molar-refractivity contribution is 7.79. The SMILES string of the molecule is Cc1cccc(C(F)(F)F)c1S(=O)O. The summed E-state index contributed by atoms with van der Waals surface area (Å²) in [6, 6.07) is 3.35. The van der Waals surface area contributed by atoms with Crippen molar-refractivity contribution in [2.24, 2.45) is 0 Å². The third kappa shape index (κ3) is 2.13. The van der Waals surface area contributed by atoms with Crippen molar-refractivity contribution in [3.63, 3.8) is 0 Å². The molecule has 0 aliphatic rings. The molecule has 1 unspecified atom stereocenters. The minimum atomic E-state index is -4.60. The molecule has 2 nitrogen and oxygen atoms in total. The number of halogens is 3. The fourth-order valence-electron chi connectivity index (χ4n) is 1.11. The maximum atomic E-state index is 12.3. The van der Waals surface area contributed by atoms with Gasteiger partial charge in [0.25, 0.3) is 0 Å². The minimum absolute atomic E-state index is 0.153. The molecule has 14 heavy (non-hydrogen) atoms. The molecule has 0 aliphatic heterocycles. The number of alkyl halides is 3. The van der Waals surface area contributed by atoms with E-state index >= 15 is 0 Å². The average Bonchev–Trinajstić information content (AvgIpc) is 2.01. The first-order valence-electron chi connectivity index (χ1n) is 3.61. The zero-order valence-electron chi connectivity index (χ0n) is 7.13. The first kappa shape index (κ1) is 11.2. The third-order valence-corrected chi connectivity index (χ3v) is 2.58. The summed E-state index contributed by atoms with van der Waals surface area (Å²) in [5.41, 5.74) is -0.904. The molecule has 0 bridgehead atoms. The minimum Gasteiger partial charge on any atom is -0.302 e. The van der Waals surface area contributed by atoms with Crippen LogP contribution in [0.15, 0.2) is 23.1 Å². The molecule has 1 aromatic carbocycles. The number of benzene rings is 1. The van der Waals surface area contributed by atoms with E-state index in [1.54, 1.807) is 0 Å². The van der Waals surface area contributed by atoms with Crippen LogP contribution in [-0.2, 0) is 17.3 Å². The highest BCUT2D eigenvalue weighted by Gasteiger charge is 2.35. The third-order valence-electron chi connectivity index (χ3n) is 1.69. The summed E-state index contributed by atoms with van der Waals surface area (Å²) in [5.74, 6) is 0. The van der Waals surface area contributed by atoms with Gasteiger partial charge in [-0.15, -0.1) is 0 Å². The Morgan fingerprint density at radius 3 is 2.29 bits per heavy atom. The van der Waals surface area contributed by atoms with E-state index in [-0.39, 0.29) is 5.56 Å². The van der Waals surface area contributed by atoms with Crippen molar-refractivity contribution in [2.45, 2.75) is 18.0 Å². The second kappa shape index (κ2) is 3.70. The Morgan fingerprint density at radius 2 is 1.93 bits per heavy atom. The summed E-state index contributed by atoms with van der Waals surface area (Å²) in [6.45, 7) is 1.36. The molecule has 0 fully saturated rings. The maximum Gasteiger partial charge on any atom is 0.417 e. The molecule has 0 spiro atoms. The molecule has 0 saturated carbocycles. The van der Waals surface area contributed by atoms with Gasteiger partial charge in [0, 0.05) is 0 Å². The van der Waals surface area contributed by atoms with Crippen LogP contribution in [-0.4, -0.2) is 8.76 Å². The Balaban J connectivity index is 3.44. The predicted octanol–water partition coefficient (Wildman–Crippen LogP) is 2.59. The van der Waals surface area contributed by atoms with Crippen molar-refractivity contribution >= 4 is 11.1 Å². The van der Waals surface area contributed by atoms with E-state index in [2.05, 4.69) is 0 Å². The van der Waals surface area contributed by atoms with E-state index in [1.165, 1.54) is 19.1 Å². The van der Waals surface area contributed by atoms with E-state index in [0.717, 1.165) is 6.07 Å². The lowest BCUT2D eigenvalue weighted by Crippen LogP contribution is -2.11. The highest BCUT2D eigenvalue weighted by atomic mass is 32.2. The second-order valence-electron chi connectivity index (χ2n) is 2.70. The Labute approximate surface area is 81.0 Å². The molecule has 6 heteroatoms. The van der Waals surface area contributed by atoms with Crippen LogP contribution < -0.4 is 0 Å².